The first-order chi connectivity index (χ1) is 13.2. The molecule has 0 saturated heterocycles. The molecule has 8 N–H and O–H groups in total. The van der Waals surface area contributed by atoms with Crippen LogP contribution in [0.25, 0.3) is 0 Å². The van der Waals surface area contributed by atoms with Crippen LogP contribution in [-0.4, -0.2) is 23.9 Å². The second-order valence-electron chi connectivity index (χ2n) is 5.75. The fourth-order valence-electron chi connectivity index (χ4n) is 2.51. The van der Waals surface area contributed by atoms with E-state index in [0.717, 1.165) is 5.57 Å². The number of carbonyl (C=O) groups excluding carboxylic acids is 1. The summed E-state index contributed by atoms with van der Waals surface area (Å²) >= 11 is 0. The largest absolute Gasteiger partial charge is 0.369 e. The van der Waals surface area contributed by atoms with Gasteiger partial charge in [-0.05, 0) is 43.2 Å². The molecule has 12 heteroatoms. The van der Waals surface area contributed by atoms with Gasteiger partial charge in [-0.2, -0.15) is 10.5 Å². The minimum Gasteiger partial charge on any atom is -0.369 e. The fraction of sp³-hybridized carbons (Fsp3) is 0.125. The quantitative estimate of drug-likeness (QED) is 0.290. The summed E-state index contributed by atoms with van der Waals surface area (Å²) in [5, 5.41) is 10.3. The Morgan fingerprint density at radius 3 is 2.43 bits per heavy atom. The van der Waals surface area contributed by atoms with Crippen molar-refractivity contribution >= 4 is 33.4 Å². The van der Waals surface area contributed by atoms with Crippen molar-refractivity contribution in [2.75, 3.05) is 11.1 Å². The molecule has 148 valence electrons. The normalized spacial score (nSPS) is 13.1. The van der Waals surface area contributed by atoms with E-state index < -0.39 is 10.0 Å². The maximum absolute atomic E-state index is 12.5. The number of primary sulfonamides is 1. The Bertz CT molecular complexity index is 1050. The number of rotatable bonds is 4. The van der Waals surface area contributed by atoms with Gasteiger partial charge in [0, 0.05) is 11.3 Å². The van der Waals surface area contributed by atoms with Crippen molar-refractivity contribution < 1.29 is 13.2 Å². The number of anilines is 3. The van der Waals surface area contributed by atoms with Crippen LogP contribution < -0.4 is 22.0 Å². The number of aromatic nitrogens is 2. The molecule has 0 saturated carbocycles. The summed E-state index contributed by atoms with van der Waals surface area (Å²) < 4.78 is 23.8. The number of hydrogen-bond acceptors (Lipinski definition) is 8. The van der Waals surface area contributed by atoms with Gasteiger partial charge in [0.2, 0.25) is 16.0 Å². The van der Waals surface area contributed by atoms with Crippen LogP contribution >= 0.6 is 0 Å². The van der Waals surface area contributed by atoms with Crippen LogP contribution in [0.15, 0.2) is 63.9 Å². The molecule has 0 amide bonds. The van der Waals surface area contributed by atoms with Gasteiger partial charge in [-0.25, -0.2) is 18.1 Å². The Morgan fingerprint density at radius 1 is 1.32 bits per heavy atom. The summed E-state index contributed by atoms with van der Waals surface area (Å²) in [5.74, 6) is 4.37. The van der Waals surface area contributed by atoms with Gasteiger partial charge in [-0.3, -0.25) is 4.79 Å². The first-order valence-electron chi connectivity index (χ1n) is 7.89. The van der Waals surface area contributed by atoms with Gasteiger partial charge in [0.1, 0.15) is 0 Å². The van der Waals surface area contributed by atoms with Crippen molar-refractivity contribution in [3.05, 3.63) is 53.8 Å². The van der Waals surface area contributed by atoms with E-state index in [2.05, 4.69) is 21.4 Å². The molecule has 1 aromatic heterocycles. The van der Waals surface area contributed by atoms with E-state index >= 15 is 0 Å². The number of nitrogens with zero attached hydrogens (tertiary/aromatic N) is 3. The van der Waals surface area contributed by atoms with Gasteiger partial charge >= 0.3 is 0 Å². The zero-order chi connectivity index (χ0) is 20.9. The second kappa shape index (κ2) is 8.45. The third-order valence-corrected chi connectivity index (χ3v) is 4.76. The van der Waals surface area contributed by atoms with Crippen LogP contribution in [0, 0.1) is 5.53 Å². The topological polar surface area (TPSA) is 195 Å². The highest BCUT2D eigenvalue weighted by Crippen LogP contribution is 2.24. The zero-order valence-corrected chi connectivity index (χ0v) is 15.8. The van der Waals surface area contributed by atoms with Crippen molar-refractivity contribution in [1.82, 2.24) is 9.55 Å². The van der Waals surface area contributed by atoms with Crippen LogP contribution in [0.5, 0.6) is 0 Å². The number of nitrogens with two attached hydrogens (primary N) is 3. The van der Waals surface area contributed by atoms with Crippen LogP contribution in [0.1, 0.15) is 18.1 Å². The van der Waals surface area contributed by atoms with E-state index in [1.807, 2.05) is 19.1 Å². The molecule has 11 nitrogen and oxygen atoms in total. The smallest absolute Gasteiger partial charge is 0.261 e. The maximum Gasteiger partial charge on any atom is 0.261 e. The summed E-state index contributed by atoms with van der Waals surface area (Å²) in [4.78, 5) is 16.7. The molecule has 0 radical (unpaired) electrons. The van der Waals surface area contributed by atoms with Crippen molar-refractivity contribution in [3.8, 4) is 0 Å². The Hall–Kier alpha value is -3.51. The number of carbonyl (C=O) groups is 1. The van der Waals surface area contributed by atoms with E-state index in [1.165, 1.54) is 22.9 Å². The second-order valence-corrected chi connectivity index (χ2v) is 7.31. The highest BCUT2D eigenvalue weighted by Gasteiger charge is 2.19. The summed E-state index contributed by atoms with van der Waals surface area (Å²) in [6.07, 6.45) is 5.89. The summed E-state index contributed by atoms with van der Waals surface area (Å²) in [5.41, 5.74) is 13.6. The van der Waals surface area contributed by atoms with Gasteiger partial charge < -0.3 is 16.9 Å². The predicted molar refractivity (Wildman–Crippen MR) is 104 cm³/mol. The third kappa shape index (κ3) is 4.81. The molecular weight excluding hydrogens is 384 g/mol. The lowest BCUT2D eigenvalue weighted by Crippen LogP contribution is -2.15. The molecule has 3 rings (SSSR count). The van der Waals surface area contributed by atoms with Gasteiger partial charge in [-0.15, -0.1) is 0 Å². The first-order valence-corrected chi connectivity index (χ1v) is 9.44. The molecule has 2 aromatic rings. The molecule has 0 unspecified atom stereocenters. The van der Waals surface area contributed by atoms with Crippen LogP contribution in [0.3, 0.4) is 0 Å². The SMILES string of the molecule is CC1=C(C(=O)n2cc(Nc3ccc(S(N)(=O)=O)cc3)nc2N)CC=C1.N=NN. The van der Waals surface area contributed by atoms with E-state index in [-0.39, 0.29) is 16.8 Å². The van der Waals surface area contributed by atoms with Gasteiger partial charge in [0.25, 0.3) is 5.91 Å². The lowest BCUT2D eigenvalue weighted by Gasteiger charge is -2.05. The van der Waals surface area contributed by atoms with Crippen molar-refractivity contribution in [2.45, 2.75) is 18.2 Å². The van der Waals surface area contributed by atoms with Gasteiger partial charge in [0.15, 0.2) is 5.82 Å². The third-order valence-electron chi connectivity index (χ3n) is 3.83. The number of imidazole rings is 1. The average Bonchev–Trinajstić information content (AvgIpc) is 3.20. The Morgan fingerprint density at radius 2 is 1.93 bits per heavy atom. The summed E-state index contributed by atoms with van der Waals surface area (Å²) in [6.45, 7) is 1.87. The van der Waals surface area contributed by atoms with Gasteiger partial charge in [0.05, 0.1) is 11.1 Å². The number of sulfonamides is 1. The molecule has 1 heterocycles. The summed E-state index contributed by atoms with van der Waals surface area (Å²) in [6, 6.07) is 5.85. The van der Waals surface area contributed by atoms with Crippen LogP contribution in [0.2, 0.25) is 0 Å². The molecule has 0 atom stereocenters. The molecule has 1 aliphatic rings. The molecule has 1 aromatic carbocycles. The van der Waals surface area contributed by atoms with Crippen LogP contribution in [0.4, 0.5) is 17.5 Å². The number of hydrogen-bond donors (Lipinski definition) is 5. The molecule has 1 aliphatic carbocycles. The molecule has 0 aliphatic heterocycles. The summed E-state index contributed by atoms with van der Waals surface area (Å²) in [7, 11) is -3.74. The Labute approximate surface area is 161 Å². The standard InChI is InChI=1S/C16H17N5O3S.H3N3/c1-10-3-2-4-13(10)15(22)21-9-14(20-16(21)17)19-11-5-7-12(8-6-11)25(18,23)24;1-3-2/h2-3,5-9,19H,4H2,1H3,(H2,17,20)(H2,18,23,24);(H3,1,2). The molecule has 0 bridgehead atoms. The molecule has 0 spiro atoms. The van der Waals surface area contributed by atoms with E-state index in [1.54, 1.807) is 12.1 Å². The molecule has 28 heavy (non-hydrogen) atoms. The van der Waals surface area contributed by atoms with Crippen molar-refractivity contribution in [1.29, 1.82) is 5.53 Å². The fourth-order valence-corrected chi connectivity index (χ4v) is 3.03. The highest BCUT2D eigenvalue weighted by atomic mass is 32.2. The first kappa shape index (κ1) is 20.8. The number of allylic oxidation sites excluding steroid dienone is 4. The zero-order valence-electron chi connectivity index (χ0n) is 15.0. The Kier molecular flexibility index (Phi) is 6.28. The minimum atomic E-state index is -3.74. The van der Waals surface area contributed by atoms with Gasteiger partial charge in [-0.1, -0.05) is 17.4 Å². The highest BCUT2D eigenvalue weighted by molar-refractivity contribution is 7.89. The number of benzene rings is 1. The van der Waals surface area contributed by atoms with E-state index in [9.17, 15) is 13.2 Å². The van der Waals surface area contributed by atoms with E-state index in [4.69, 9.17) is 16.4 Å². The average molecular weight is 404 g/mol. The van der Waals surface area contributed by atoms with Crippen molar-refractivity contribution in [3.63, 3.8) is 0 Å². The predicted octanol–water partition coefficient (Wildman–Crippen LogP) is 1.66. The lowest BCUT2D eigenvalue weighted by molar-refractivity contribution is 0.0955. The number of nitrogens with one attached hydrogen (secondary N) is 2. The Balaban J connectivity index is 0.000000878. The monoisotopic (exact) mass is 404 g/mol. The molecular formula is C16H20N8O3S. The van der Waals surface area contributed by atoms with Crippen LogP contribution in [-0.2, 0) is 10.0 Å². The lowest BCUT2D eigenvalue weighted by atomic mass is 10.1. The van der Waals surface area contributed by atoms with Crippen molar-refractivity contribution in [2.24, 2.45) is 16.2 Å². The number of nitrogen functional groups attached to an aromatic ring is 1. The van der Waals surface area contributed by atoms with E-state index in [0.29, 0.717) is 23.5 Å². The molecule has 0 fully saturated rings. The maximum atomic E-state index is 12.5. The minimum absolute atomic E-state index is 0.00872.